The van der Waals surface area contributed by atoms with Gasteiger partial charge < -0.3 is 9.47 Å². The van der Waals surface area contributed by atoms with Crippen LogP contribution in [0.3, 0.4) is 0 Å². The van der Waals surface area contributed by atoms with Crippen molar-refractivity contribution in [3.8, 4) is 16.8 Å². The summed E-state index contributed by atoms with van der Waals surface area (Å²) in [6.07, 6.45) is 0. The fraction of sp³-hybridized carbons (Fsp3) is 0.0638. The maximum Gasteiger partial charge on any atom is 0.0542 e. The van der Waals surface area contributed by atoms with Gasteiger partial charge in [0.1, 0.15) is 0 Å². The Morgan fingerprint density at radius 1 is 0.408 bits per heavy atom. The normalized spacial score (nSPS) is 13.3. The number of hydrogen-bond acceptors (Lipinski definition) is 1. The molecule has 0 radical (unpaired) electrons. The molecule has 9 aromatic rings. The van der Waals surface area contributed by atoms with Gasteiger partial charge in [-0.3, -0.25) is 0 Å². The number of nitrogens with zero attached hydrogens (tertiary/aromatic N) is 2. The van der Waals surface area contributed by atoms with Crippen molar-refractivity contribution in [1.82, 2.24) is 4.57 Å². The van der Waals surface area contributed by atoms with E-state index in [9.17, 15) is 0 Å². The first-order valence-corrected chi connectivity index (χ1v) is 17.1. The minimum absolute atomic E-state index is 0.0411. The van der Waals surface area contributed by atoms with Crippen LogP contribution in [0.4, 0.5) is 17.1 Å². The second-order valence-electron chi connectivity index (χ2n) is 13.8. The van der Waals surface area contributed by atoms with Gasteiger partial charge in [-0.1, -0.05) is 129 Å². The Morgan fingerprint density at radius 3 is 1.92 bits per heavy atom. The Bertz CT molecular complexity index is 2760. The molecular weight excluding hydrogens is 593 g/mol. The predicted molar refractivity (Wildman–Crippen MR) is 208 cm³/mol. The summed E-state index contributed by atoms with van der Waals surface area (Å²) in [5, 5.41) is 7.44. The Hall–Kier alpha value is -6.12. The Balaban J connectivity index is 1.23. The molecule has 0 atom stereocenters. The molecule has 1 heterocycles. The van der Waals surface area contributed by atoms with Gasteiger partial charge in [0, 0.05) is 38.6 Å². The molecule has 8 aromatic carbocycles. The van der Waals surface area contributed by atoms with Crippen LogP contribution in [0, 0.1) is 0 Å². The Kier molecular flexibility index (Phi) is 5.95. The third kappa shape index (κ3) is 4.14. The molecule has 0 unspecified atom stereocenters. The van der Waals surface area contributed by atoms with Gasteiger partial charge in [-0.15, -0.1) is 0 Å². The number of fused-ring (bicyclic) bond motifs is 8. The quantitative estimate of drug-likeness (QED) is 0.189. The molecule has 2 nitrogen and oxygen atoms in total. The molecule has 49 heavy (non-hydrogen) atoms. The molecule has 0 saturated heterocycles. The third-order valence-corrected chi connectivity index (χ3v) is 10.7. The van der Waals surface area contributed by atoms with Crippen LogP contribution in [0.25, 0.3) is 60.2 Å². The third-order valence-electron chi connectivity index (χ3n) is 10.7. The van der Waals surface area contributed by atoms with E-state index in [1.165, 1.54) is 71.3 Å². The van der Waals surface area contributed by atoms with Crippen LogP contribution < -0.4 is 4.90 Å². The Morgan fingerprint density at radius 2 is 1.02 bits per heavy atom. The van der Waals surface area contributed by atoms with Gasteiger partial charge in [0.15, 0.2) is 0 Å². The molecule has 10 rings (SSSR count). The van der Waals surface area contributed by atoms with Crippen molar-refractivity contribution in [3.05, 3.63) is 181 Å². The highest BCUT2D eigenvalue weighted by Gasteiger charge is 2.35. The van der Waals surface area contributed by atoms with Crippen molar-refractivity contribution >= 4 is 60.4 Å². The van der Waals surface area contributed by atoms with Crippen molar-refractivity contribution in [2.75, 3.05) is 4.90 Å². The van der Waals surface area contributed by atoms with E-state index in [0.29, 0.717) is 0 Å². The largest absolute Gasteiger partial charge is 0.310 e. The molecule has 0 fully saturated rings. The minimum Gasteiger partial charge on any atom is -0.310 e. The maximum absolute atomic E-state index is 2.44. The second-order valence-corrected chi connectivity index (χ2v) is 13.8. The zero-order valence-corrected chi connectivity index (χ0v) is 27.6. The molecule has 0 spiro atoms. The molecule has 0 N–H and O–H groups in total. The lowest BCUT2D eigenvalue weighted by molar-refractivity contribution is 0.660. The summed E-state index contributed by atoms with van der Waals surface area (Å²) in [4.78, 5) is 2.43. The van der Waals surface area contributed by atoms with Gasteiger partial charge >= 0.3 is 0 Å². The van der Waals surface area contributed by atoms with E-state index < -0.39 is 0 Å². The number of benzene rings is 8. The first-order valence-electron chi connectivity index (χ1n) is 17.1. The van der Waals surface area contributed by atoms with Crippen molar-refractivity contribution in [1.29, 1.82) is 0 Å². The lowest BCUT2D eigenvalue weighted by Crippen LogP contribution is -2.15. The monoisotopic (exact) mass is 626 g/mol. The lowest BCUT2D eigenvalue weighted by Gasteiger charge is -2.27. The standard InChI is InChI=1S/C47H34N2/c1-47(2)42-19-9-7-17-38(42)40-29-35(24-26-43(40)47)48(34-23-22-31-12-3-4-14-33(31)28-34)36-25-27-46-41(30-36)39-18-8-10-20-45(39)49(46)44-21-11-15-32-13-5-6-16-37(32)44/h3-30H,1-2H3. The number of rotatable bonds is 4. The van der Waals surface area contributed by atoms with E-state index in [0.717, 1.165) is 17.1 Å². The first-order chi connectivity index (χ1) is 24.1. The highest BCUT2D eigenvalue weighted by atomic mass is 15.1. The van der Waals surface area contributed by atoms with Gasteiger partial charge in [-0.05, 0) is 93.0 Å². The van der Waals surface area contributed by atoms with E-state index in [4.69, 9.17) is 0 Å². The zero-order valence-electron chi connectivity index (χ0n) is 27.6. The zero-order chi connectivity index (χ0) is 32.7. The minimum atomic E-state index is -0.0411. The van der Waals surface area contributed by atoms with E-state index in [1.54, 1.807) is 0 Å². The highest BCUT2D eigenvalue weighted by molar-refractivity contribution is 6.12. The number of aromatic nitrogens is 1. The summed E-state index contributed by atoms with van der Waals surface area (Å²) in [5.41, 5.74) is 12.4. The smallest absolute Gasteiger partial charge is 0.0542 e. The maximum atomic E-state index is 2.44. The van der Waals surface area contributed by atoms with Crippen LogP contribution in [0.1, 0.15) is 25.0 Å². The molecule has 1 aromatic heterocycles. The van der Waals surface area contributed by atoms with E-state index in [2.05, 4.69) is 193 Å². The van der Waals surface area contributed by atoms with E-state index in [-0.39, 0.29) is 5.41 Å². The van der Waals surface area contributed by atoms with Crippen LogP contribution in [0.5, 0.6) is 0 Å². The molecule has 232 valence electrons. The molecule has 1 aliphatic rings. The van der Waals surface area contributed by atoms with Gasteiger partial charge in [-0.2, -0.15) is 0 Å². The molecule has 0 bridgehead atoms. The fourth-order valence-corrected chi connectivity index (χ4v) is 8.37. The topological polar surface area (TPSA) is 8.17 Å². The number of hydrogen-bond donors (Lipinski definition) is 0. The average Bonchev–Trinajstić information content (AvgIpc) is 3.59. The summed E-state index contributed by atoms with van der Waals surface area (Å²) in [6, 6.07) is 62.5. The molecule has 1 aliphatic carbocycles. The van der Waals surface area contributed by atoms with Crippen LogP contribution in [0.15, 0.2) is 170 Å². The van der Waals surface area contributed by atoms with Crippen molar-refractivity contribution < 1.29 is 0 Å². The Labute approximate surface area is 286 Å². The van der Waals surface area contributed by atoms with Gasteiger partial charge in [0.2, 0.25) is 0 Å². The lowest BCUT2D eigenvalue weighted by atomic mass is 9.82. The molecule has 0 aliphatic heterocycles. The molecule has 2 heteroatoms. The summed E-state index contributed by atoms with van der Waals surface area (Å²) in [5.74, 6) is 0. The average molecular weight is 627 g/mol. The van der Waals surface area contributed by atoms with Gasteiger partial charge in [0.25, 0.3) is 0 Å². The fourth-order valence-electron chi connectivity index (χ4n) is 8.37. The van der Waals surface area contributed by atoms with Gasteiger partial charge in [0.05, 0.1) is 16.7 Å². The summed E-state index contributed by atoms with van der Waals surface area (Å²) >= 11 is 0. The summed E-state index contributed by atoms with van der Waals surface area (Å²) in [6.45, 7) is 4.69. The molecule has 0 saturated carbocycles. The SMILES string of the molecule is CC1(C)c2ccccc2-c2cc(N(c3ccc4ccccc4c3)c3ccc4c(c3)c3ccccc3n4-c3cccc4ccccc34)ccc21. The predicted octanol–water partition coefficient (Wildman–Crippen LogP) is 12.9. The van der Waals surface area contributed by atoms with Crippen molar-refractivity contribution in [2.45, 2.75) is 19.3 Å². The van der Waals surface area contributed by atoms with Gasteiger partial charge in [-0.25, -0.2) is 0 Å². The highest BCUT2D eigenvalue weighted by Crippen LogP contribution is 2.51. The van der Waals surface area contributed by atoms with Crippen LogP contribution >= 0.6 is 0 Å². The second kappa shape index (κ2) is 10.4. The number of para-hydroxylation sites is 1. The molecular formula is C47H34N2. The van der Waals surface area contributed by atoms with Crippen molar-refractivity contribution in [3.63, 3.8) is 0 Å². The van der Waals surface area contributed by atoms with E-state index in [1.807, 2.05) is 0 Å². The van der Waals surface area contributed by atoms with Crippen LogP contribution in [0.2, 0.25) is 0 Å². The van der Waals surface area contributed by atoms with Crippen molar-refractivity contribution in [2.24, 2.45) is 0 Å². The summed E-state index contributed by atoms with van der Waals surface area (Å²) in [7, 11) is 0. The number of anilines is 3. The molecule has 0 amide bonds. The van der Waals surface area contributed by atoms with Crippen LogP contribution in [-0.2, 0) is 5.41 Å². The van der Waals surface area contributed by atoms with Crippen LogP contribution in [-0.4, -0.2) is 4.57 Å². The first kappa shape index (κ1) is 27.9. The summed E-state index contributed by atoms with van der Waals surface area (Å²) < 4.78 is 2.44. The van der Waals surface area contributed by atoms with E-state index >= 15 is 0 Å².